The normalized spacial score (nSPS) is 17.0. The number of nitrogens with two attached hydrogens (primary N) is 1. The second-order valence-electron chi connectivity index (χ2n) is 5.72. The molecule has 6 heteroatoms. The molecule has 5 nitrogen and oxygen atoms in total. The molecule has 1 heterocycles. The van der Waals surface area contributed by atoms with Gasteiger partial charge in [-0.05, 0) is 49.4 Å². The third-order valence-electron chi connectivity index (χ3n) is 4.11. The zero-order valence-corrected chi connectivity index (χ0v) is 13.3. The van der Waals surface area contributed by atoms with Crippen LogP contribution in [-0.4, -0.2) is 32.3 Å². The Labute approximate surface area is 126 Å². The summed E-state index contributed by atoms with van der Waals surface area (Å²) in [4.78, 5) is 14.3. The highest BCUT2D eigenvalue weighted by Crippen LogP contribution is 2.22. The smallest absolute Gasteiger partial charge is 0.253 e. The van der Waals surface area contributed by atoms with E-state index < -0.39 is 10.0 Å². The largest absolute Gasteiger partial charge is 0.339 e. The average molecular weight is 310 g/mol. The highest BCUT2D eigenvalue weighted by Gasteiger charge is 2.23. The van der Waals surface area contributed by atoms with Gasteiger partial charge >= 0.3 is 0 Å². The van der Waals surface area contributed by atoms with Crippen LogP contribution >= 0.6 is 0 Å². The van der Waals surface area contributed by atoms with Crippen molar-refractivity contribution in [2.45, 2.75) is 38.0 Å². The maximum absolute atomic E-state index is 12.5. The summed E-state index contributed by atoms with van der Waals surface area (Å²) in [7, 11) is -3.80. The van der Waals surface area contributed by atoms with Crippen molar-refractivity contribution in [2.24, 2.45) is 11.1 Å². The summed E-state index contributed by atoms with van der Waals surface area (Å²) >= 11 is 0. The molecule has 1 aromatic rings. The van der Waals surface area contributed by atoms with E-state index in [1.54, 1.807) is 17.9 Å². The van der Waals surface area contributed by atoms with Crippen molar-refractivity contribution < 1.29 is 13.2 Å². The van der Waals surface area contributed by atoms with Gasteiger partial charge in [0.05, 0.1) is 4.90 Å². The first-order valence-electron chi connectivity index (χ1n) is 7.25. The van der Waals surface area contributed by atoms with Gasteiger partial charge in [-0.15, -0.1) is 0 Å². The van der Waals surface area contributed by atoms with E-state index in [-0.39, 0.29) is 10.8 Å². The van der Waals surface area contributed by atoms with E-state index in [1.807, 2.05) is 0 Å². The van der Waals surface area contributed by atoms with Gasteiger partial charge < -0.3 is 4.90 Å². The van der Waals surface area contributed by atoms with Gasteiger partial charge in [-0.25, -0.2) is 13.6 Å². The van der Waals surface area contributed by atoms with E-state index in [0.717, 1.165) is 32.4 Å². The fourth-order valence-corrected chi connectivity index (χ4v) is 3.40. The number of sulfonamides is 1. The molecule has 0 atom stereocenters. The molecule has 21 heavy (non-hydrogen) atoms. The lowest BCUT2D eigenvalue weighted by Gasteiger charge is -2.31. The first-order chi connectivity index (χ1) is 9.81. The van der Waals surface area contributed by atoms with E-state index in [4.69, 9.17) is 5.14 Å². The van der Waals surface area contributed by atoms with Gasteiger partial charge in [-0.2, -0.15) is 0 Å². The quantitative estimate of drug-likeness (QED) is 0.926. The van der Waals surface area contributed by atoms with E-state index in [1.165, 1.54) is 12.1 Å². The minimum absolute atomic E-state index is 0.00528. The molecule has 1 amide bonds. The van der Waals surface area contributed by atoms with Crippen molar-refractivity contribution in [1.29, 1.82) is 0 Å². The minimum atomic E-state index is -3.80. The van der Waals surface area contributed by atoms with Crippen molar-refractivity contribution in [3.05, 3.63) is 29.3 Å². The molecular formula is C15H22N2O3S. The van der Waals surface area contributed by atoms with Crippen LogP contribution in [0.4, 0.5) is 0 Å². The first-order valence-corrected chi connectivity index (χ1v) is 8.79. The Balaban J connectivity index is 2.22. The van der Waals surface area contributed by atoms with Crippen molar-refractivity contribution in [3.8, 4) is 0 Å². The number of amides is 1. The monoisotopic (exact) mass is 310 g/mol. The number of nitrogens with zero attached hydrogens (tertiary/aromatic N) is 1. The van der Waals surface area contributed by atoms with E-state index >= 15 is 0 Å². The van der Waals surface area contributed by atoms with Crippen LogP contribution in [-0.2, 0) is 10.0 Å². The Morgan fingerprint density at radius 2 is 1.90 bits per heavy atom. The molecule has 1 aromatic carbocycles. The number of aryl methyl sites for hydroxylation is 1. The predicted octanol–water partition coefficient (Wildman–Crippen LogP) is 1.90. The SMILES string of the molecule is CCC1CCN(C(=O)c2cc(C)cc(S(N)(=O)=O)c2)CC1. The maximum Gasteiger partial charge on any atom is 0.253 e. The van der Waals surface area contributed by atoms with Gasteiger partial charge in [0.2, 0.25) is 10.0 Å². The third kappa shape index (κ3) is 3.83. The number of likely N-dealkylation sites (tertiary alicyclic amines) is 1. The fraction of sp³-hybridized carbons (Fsp3) is 0.533. The Hall–Kier alpha value is -1.40. The Bertz CT molecular complexity index is 632. The number of carbonyl (C=O) groups is 1. The molecule has 0 bridgehead atoms. The van der Waals surface area contributed by atoms with Crippen molar-refractivity contribution in [2.75, 3.05) is 13.1 Å². The van der Waals surface area contributed by atoms with Gasteiger partial charge in [-0.3, -0.25) is 4.79 Å². The molecule has 1 saturated heterocycles. The lowest BCUT2D eigenvalue weighted by molar-refractivity contribution is 0.0688. The van der Waals surface area contributed by atoms with Gasteiger partial charge in [0.25, 0.3) is 5.91 Å². The fourth-order valence-electron chi connectivity index (χ4n) is 2.76. The number of piperidine rings is 1. The van der Waals surface area contributed by atoms with E-state index in [2.05, 4.69) is 6.92 Å². The summed E-state index contributed by atoms with van der Waals surface area (Å²) in [5.74, 6) is 0.574. The van der Waals surface area contributed by atoms with Gasteiger partial charge in [0, 0.05) is 18.7 Å². The first kappa shape index (κ1) is 16.0. The van der Waals surface area contributed by atoms with Gasteiger partial charge in [-0.1, -0.05) is 13.3 Å². The summed E-state index contributed by atoms with van der Waals surface area (Å²) in [5, 5.41) is 5.16. The van der Waals surface area contributed by atoms with Crippen LogP contribution in [0.25, 0.3) is 0 Å². The molecule has 0 spiro atoms. The summed E-state index contributed by atoms with van der Waals surface area (Å²) < 4.78 is 22.9. The topological polar surface area (TPSA) is 80.5 Å². The standard InChI is InChI=1S/C15H22N2O3S/c1-3-12-4-6-17(7-5-12)15(18)13-8-11(2)9-14(10-13)21(16,19)20/h8-10,12H,3-7H2,1-2H3,(H2,16,19,20). The Kier molecular flexibility index (Phi) is 4.68. The van der Waals surface area contributed by atoms with Gasteiger partial charge in [0.15, 0.2) is 0 Å². The predicted molar refractivity (Wildman–Crippen MR) is 81.5 cm³/mol. The van der Waals surface area contributed by atoms with Crippen LogP contribution in [0, 0.1) is 12.8 Å². The number of hydrogen-bond donors (Lipinski definition) is 1. The third-order valence-corrected chi connectivity index (χ3v) is 5.00. The van der Waals surface area contributed by atoms with Crippen LogP contribution in [0.5, 0.6) is 0 Å². The molecule has 0 aliphatic carbocycles. The van der Waals surface area contributed by atoms with Crippen LogP contribution < -0.4 is 5.14 Å². The zero-order valence-electron chi connectivity index (χ0n) is 12.5. The molecule has 1 fully saturated rings. The zero-order chi connectivity index (χ0) is 15.6. The molecule has 0 saturated carbocycles. The maximum atomic E-state index is 12.5. The molecule has 1 aliphatic rings. The summed E-state index contributed by atoms with van der Waals surface area (Å²) in [5.41, 5.74) is 1.11. The molecule has 0 radical (unpaired) electrons. The summed E-state index contributed by atoms with van der Waals surface area (Å²) in [6, 6.07) is 4.56. The van der Waals surface area contributed by atoms with Crippen LogP contribution in [0.15, 0.2) is 23.1 Å². The highest BCUT2D eigenvalue weighted by atomic mass is 32.2. The average Bonchev–Trinajstić information content (AvgIpc) is 2.45. The van der Waals surface area contributed by atoms with Crippen LogP contribution in [0.1, 0.15) is 42.1 Å². The summed E-state index contributed by atoms with van der Waals surface area (Å²) in [6.45, 7) is 5.39. The lowest BCUT2D eigenvalue weighted by atomic mass is 9.94. The number of primary sulfonamides is 1. The van der Waals surface area contributed by atoms with E-state index in [0.29, 0.717) is 17.0 Å². The second-order valence-corrected chi connectivity index (χ2v) is 7.28. The van der Waals surface area contributed by atoms with Crippen LogP contribution in [0.2, 0.25) is 0 Å². The molecule has 2 N–H and O–H groups in total. The molecule has 0 aromatic heterocycles. The second kappa shape index (κ2) is 6.15. The Morgan fingerprint density at radius 1 is 1.29 bits per heavy atom. The van der Waals surface area contributed by atoms with Crippen LogP contribution in [0.3, 0.4) is 0 Å². The minimum Gasteiger partial charge on any atom is -0.339 e. The number of rotatable bonds is 3. The highest BCUT2D eigenvalue weighted by molar-refractivity contribution is 7.89. The Morgan fingerprint density at radius 3 is 2.43 bits per heavy atom. The number of carbonyl (C=O) groups excluding carboxylic acids is 1. The number of hydrogen-bond acceptors (Lipinski definition) is 3. The molecule has 0 unspecified atom stereocenters. The van der Waals surface area contributed by atoms with Crippen molar-refractivity contribution in [3.63, 3.8) is 0 Å². The molecular weight excluding hydrogens is 288 g/mol. The molecule has 2 rings (SSSR count). The summed E-state index contributed by atoms with van der Waals surface area (Å²) in [6.07, 6.45) is 3.16. The van der Waals surface area contributed by atoms with Crippen molar-refractivity contribution in [1.82, 2.24) is 4.90 Å². The number of benzene rings is 1. The lowest BCUT2D eigenvalue weighted by Crippen LogP contribution is -2.38. The van der Waals surface area contributed by atoms with E-state index in [9.17, 15) is 13.2 Å². The molecule has 1 aliphatic heterocycles. The molecule has 116 valence electrons. The van der Waals surface area contributed by atoms with Gasteiger partial charge in [0.1, 0.15) is 0 Å². The van der Waals surface area contributed by atoms with Crippen molar-refractivity contribution >= 4 is 15.9 Å².